The van der Waals surface area contributed by atoms with Crippen molar-refractivity contribution in [2.24, 2.45) is 11.7 Å². The molecule has 3 N–H and O–H groups in total. The molecule has 0 radical (unpaired) electrons. The summed E-state index contributed by atoms with van der Waals surface area (Å²) in [5, 5.41) is 2.74. The molecule has 0 aliphatic carbocycles. The summed E-state index contributed by atoms with van der Waals surface area (Å²) in [6, 6.07) is -0.532. The Labute approximate surface area is 84.6 Å². The summed E-state index contributed by atoms with van der Waals surface area (Å²) in [6.07, 6.45) is 0. The van der Waals surface area contributed by atoms with Gasteiger partial charge in [0.25, 0.3) is 0 Å². The topological polar surface area (TPSA) is 75.4 Å². The van der Waals surface area contributed by atoms with E-state index in [1.807, 2.05) is 13.8 Å². The van der Waals surface area contributed by atoms with Gasteiger partial charge in [-0.1, -0.05) is 13.8 Å². The number of nitrogens with two attached hydrogens (primary N) is 1. The maximum Gasteiger partial charge on any atom is 0.240 e. The summed E-state index contributed by atoms with van der Waals surface area (Å²) in [7, 11) is 3.27. The van der Waals surface area contributed by atoms with E-state index in [9.17, 15) is 9.59 Å². The minimum Gasteiger partial charge on any atom is -0.368 e. The van der Waals surface area contributed by atoms with Crippen molar-refractivity contribution in [2.45, 2.75) is 19.9 Å². The molecule has 0 heterocycles. The average molecular weight is 201 g/mol. The minimum atomic E-state index is -0.532. The van der Waals surface area contributed by atoms with Gasteiger partial charge in [-0.2, -0.15) is 0 Å². The number of likely N-dealkylation sites (N-methyl/N-ethyl adjacent to an activating group) is 2. The van der Waals surface area contributed by atoms with Gasteiger partial charge in [-0.3, -0.25) is 9.59 Å². The summed E-state index contributed by atoms with van der Waals surface area (Å²) in [6.45, 7) is 3.93. The quantitative estimate of drug-likeness (QED) is 0.610. The third kappa shape index (κ3) is 3.33. The van der Waals surface area contributed by atoms with Crippen molar-refractivity contribution < 1.29 is 9.59 Å². The number of hydrogen-bond donors (Lipinski definition) is 2. The molecule has 0 aliphatic heterocycles. The zero-order valence-electron chi connectivity index (χ0n) is 9.20. The van der Waals surface area contributed by atoms with Crippen molar-refractivity contribution in [2.75, 3.05) is 20.6 Å². The molecule has 82 valence electrons. The van der Waals surface area contributed by atoms with Crippen LogP contribution in [0, 0.1) is 5.92 Å². The number of rotatable bonds is 5. The first-order valence-electron chi connectivity index (χ1n) is 4.61. The maximum absolute atomic E-state index is 11.4. The molecule has 1 atom stereocenters. The second kappa shape index (κ2) is 5.59. The van der Waals surface area contributed by atoms with Crippen LogP contribution in [0.3, 0.4) is 0 Å². The number of primary amides is 1. The Morgan fingerprint density at radius 1 is 1.43 bits per heavy atom. The van der Waals surface area contributed by atoms with Gasteiger partial charge in [0.2, 0.25) is 11.8 Å². The second-order valence-corrected chi connectivity index (χ2v) is 3.63. The lowest BCUT2D eigenvalue weighted by Gasteiger charge is -2.28. The highest BCUT2D eigenvalue weighted by Gasteiger charge is 2.27. The largest absolute Gasteiger partial charge is 0.368 e. The Balaban J connectivity index is 4.51. The molecule has 5 heteroatoms. The summed E-state index contributed by atoms with van der Waals surface area (Å²) in [5.41, 5.74) is 5.22. The van der Waals surface area contributed by atoms with E-state index < -0.39 is 11.9 Å². The smallest absolute Gasteiger partial charge is 0.240 e. The second-order valence-electron chi connectivity index (χ2n) is 3.63. The van der Waals surface area contributed by atoms with Gasteiger partial charge in [0.15, 0.2) is 0 Å². The van der Waals surface area contributed by atoms with Crippen LogP contribution >= 0.6 is 0 Å². The lowest BCUT2D eigenvalue weighted by Crippen LogP contribution is -2.50. The lowest BCUT2D eigenvalue weighted by molar-refractivity contribution is -0.138. The number of nitrogens with one attached hydrogen (secondary N) is 1. The van der Waals surface area contributed by atoms with Crippen molar-refractivity contribution in [1.82, 2.24) is 10.2 Å². The molecule has 0 bridgehead atoms. The number of carbonyl (C=O) groups is 2. The molecule has 0 saturated carbocycles. The van der Waals surface area contributed by atoms with Gasteiger partial charge in [-0.25, -0.2) is 0 Å². The highest BCUT2D eigenvalue weighted by molar-refractivity contribution is 5.87. The van der Waals surface area contributed by atoms with E-state index in [1.165, 1.54) is 4.90 Å². The Bertz CT molecular complexity index is 216. The molecule has 0 rings (SSSR count). The van der Waals surface area contributed by atoms with Crippen molar-refractivity contribution in [3.05, 3.63) is 0 Å². The first kappa shape index (κ1) is 12.9. The van der Waals surface area contributed by atoms with E-state index in [0.29, 0.717) is 0 Å². The van der Waals surface area contributed by atoms with Crippen molar-refractivity contribution in [1.29, 1.82) is 0 Å². The number of hydrogen-bond acceptors (Lipinski definition) is 3. The van der Waals surface area contributed by atoms with Crippen LogP contribution in [0.4, 0.5) is 0 Å². The van der Waals surface area contributed by atoms with Crippen LogP contribution in [0.15, 0.2) is 0 Å². The molecule has 0 aliphatic rings. The first-order chi connectivity index (χ1) is 6.41. The zero-order valence-corrected chi connectivity index (χ0v) is 9.20. The summed E-state index contributed by atoms with van der Waals surface area (Å²) in [5.74, 6) is -0.574. The number of nitrogens with zero attached hydrogens (tertiary/aromatic N) is 1. The maximum atomic E-state index is 11.4. The highest BCUT2D eigenvalue weighted by atomic mass is 16.2. The SMILES string of the molecule is CNCC(=O)N(C)C(C(N)=O)C(C)C. The number of carbonyl (C=O) groups excluding carboxylic acids is 2. The summed E-state index contributed by atoms with van der Waals surface area (Å²) < 4.78 is 0. The Hall–Kier alpha value is -1.10. The molecule has 5 nitrogen and oxygen atoms in total. The molecule has 0 spiro atoms. The van der Waals surface area contributed by atoms with Crippen molar-refractivity contribution >= 4 is 11.8 Å². The monoisotopic (exact) mass is 201 g/mol. The fraction of sp³-hybridized carbons (Fsp3) is 0.778. The van der Waals surface area contributed by atoms with E-state index in [2.05, 4.69) is 5.32 Å². The van der Waals surface area contributed by atoms with Crippen LogP contribution in [0.2, 0.25) is 0 Å². The summed E-state index contributed by atoms with van der Waals surface area (Å²) >= 11 is 0. The zero-order chi connectivity index (χ0) is 11.3. The molecular weight excluding hydrogens is 182 g/mol. The minimum absolute atomic E-state index is 0.0262. The standard InChI is InChI=1S/C9H19N3O2/c1-6(2)8(9(10)14)12(4)7(13)5-11-3/h6,8,11H,5H2,1-4H3,(H2,10,14). The highest BCUT2D eigenvalue weighted by Crippen LogP contribution is 2.08. The van der Waals surface area contributed by atoms with Crippen LogP contribution in [0.25, 0.3) is 0 Å². The molecule has 0 fully saturated rings. The van der Waals surface area contributed by atoms with Gasteiger partial charge in [-0.05, 0) is 13.0 Å². The van der Waals surface area contributed by atoms with Crippen LogP contribution in [-0.2, 0) is 9.59 Å². The van der Waals surface area contributed by atoms with Gasteiger partial charge < -0.3 is 16.0 Å². The molecular formula is C9H19N3O2. The molecule has 14 heavy (non-hydrogen) atoms. The van der Waals surface area contributed by atoms with Gasteiger partial charge in [0.1, 0.15) is 6.04 Å². The number of amides is 2. The molecule has 0 aromatic rings. The van der Waals surface area contributed by atoms with E-state index in [0.717, 1.165) is 0 Å². The lowest BCUT2D eigenvalue weighted by atomic mass is 10.0. The molecule has 1 unspecified atom stereocenters. The Kier molecular flexibility index (Phi) is 5.15. The third-order valence-electron chi connectivity index (χ3n) is 2.06. The third-order valence-corrected chi connectivity index (χ3v) is 2.06. The Morgan fingerprint density at radius 3 is 2.21 bits per heavy atom. The normalized spacial score (nSPS) is 12.6. The van der Waals surface area contributed by atoms with Gasteiger partial charge in [0, 0.05) is 7.05 Å². The fourth-order valence-electron chi connectivity index (χ4n) is 1.40. The average Bonchev–Trinajstić information content (AvgIpc) is 2.03. The van der Waals surface area contributed by atoms with Gasteiger partial charge in [-0.15, -0.1) is 0 Å². The predicted molar refractivity (Wildman–Crippen MR) is 54.5 cm³/mol. The Morgan fingerprint density at radius 2 is 1.93 bits per heavy atom. The fourth-order valence-corrected chi connectivity index (χ4v) is 1.40. The van der Waals surface area contributed by atoms with E-state index in [1.54, 1.807) is 14.1 Å². The van der Waals surface area contributed by atoms with E-state index >= 15 is 0 Å². The van der Waals surface area contributed by atoms with Gasteiger partial charge in [0.05, 0.1) is 6.54 Å². The predicted octanol–water partition coefficient (Wildman–Crippen LogP) is -0.826. The van der Waals surface area contributed by atoms with Crippen LogP contribution in [0.5, 0.6) is 0 Å². The van der Waals surface area contributed by atoms with E-state index in [-0.39, 0.29) is 18.4 Å². The van der Waals surface area contributed by atoms with Crippen LogP contribution in [-0.4, -0.2) is 43.4 Å². The van der Waals surface area contributed by atoms with Gasteiger partial charge >= 0.3 is 0 Å². The van der Waals surface area contributed by atoms with Crippen molar-refractivity contribution in [3.63, 3.8) is 0 Å². The first-order valence-corrected chi connectivity index (χ1v) is 4.61. The van der Waals surface area contributed by atoms with Crippen molar-refractivity contribution in [3.8, 4) is 0 Å². The molecule has 0 aromatic heterocycles. The molecule has 0 aromatic carbocycles. The van der Waals surface area contributed by atoms with Crippen LogP contribution < -0.4 is 11.1 Å². The summed E-state index contributed by atoms with van der Waals surface area (Å²) in [4.78, 5) is 23.9. The molecule has 0 saturated heterocycles. The molecule has 2 amide bonds. The van der Waals surface area contributed by atoms with Crippen LogP contribution in [0.1, 0.15) is 13.8 Å². The van der Waals surface area contributed by atoms with E-state index in [4.69, 9.17) is 5.73 Å².